The van der Waals surface area contributed by atoms with Gasteiger partial charge in [-0.05, 0) is 18.6 Å². The lowest BCUT2D eigenvalue weighted by molar-refractivity contribution is 0.592. The first-order valence-electron chi connectivity index (χ1n) is 4.44. The summed E-state index contributed by atoms with van der Waals surface area (Å²) in [6.45, 7) is 1.99. The van der Waals surface area contributed by atoms with Crippen LogP contribution in [0.25, 0.3) is 0 Å². The molecule has 0 saturated heterocycles. The zero-order valence-electron chi connectivity index (χ0n) is 7.73. The van der Waals surface area contributed by atoms with Gasteiger partial charge >= 0.3 is 0 Å². The van der Waals surface area contributed by atoms with E-state index in [9.17, 15) is 8.42 Å². The largest absolute Gasteiger partial charge is 0.224 e. The standard InChI is InChI=1S/C10H14O2S/c1-2-3-9-13(11,12)10-7-5-4-6-8-10/h4-8H,2-3,9H2,1H3. The van der Waals surface area contributed by atoms with Crippen molar-refractivity contribution >= 4 is 9.84 Å². The van der Waals surface area contributed by atoms with E-state index < -0.39 is 9.84 Å². The molecular formula is C10H14O2S. The molecule has 0 saturated carbocycles. The first-order chi connectivity index (χ1) is 6.17. The SMILES string of the molecule is CCCCS(=O)(=O)c1ccccc1. The highest BCUT2D eigenvalue weighted by atomic mass is 32.2. The maximum atomic E-state index is 11.6. The first kappa shape index (κ1) is 10.3. The smallest absolute Gasteiger partial charge is 0.178 e. The Morgan fingerprint density at radius 3 is 2.31 bits per heavy atom. The molecule has 0 aliphatic carbocycles. The number of unbranched alkanes of at least 4 members (excludes halogenated alkanes) is 1. The summed E-state index contributed by atoms with van der Waals surface area (Å²) in [5.41, 5.74) is 0. The van der Waals surface area contributed by atoms with E-state index in [1.165, 1.54) is 0 Å². The maximum Gasteiger partial charge on any atom is 0.178 e. The lowest BCUT2D eigenvalue weighted by atomic mass is 10.4. The third-order valence-corrected chi connectivity index (χ3v) is 3.69. The van der Waals surface area contributed by atoms with Crippen molar-refractivity contribution in [3.63, 3.8) is 0 Å². The Bertz CT molecular complexity index is 340. The van der Waals surface area contributed by atoms with Crippen molar-refractivity contribution in [1.29, 1.82) is 0 Å². The molecule has 0 aromatic heterocycles. The van der Waals surface area contributed by atoms with Gasteiger partial charge in [-0.15, -0.1) is 0 Å². The molecule has 0 amide bonds. The van der Waals surface area contributed by atoms with Crippen LogP contribution in [-0.4, -0.2) is 14.2 Å². The van der Waals surface area contributed by atoms with E-state index in [1.807, 2.05) is 13.0 Å². The molecule has 0 fully saturated rings. The fraction of sp³-hybridized carbons (Fsp3) is 0.400. The van der Waals surface area contributed by atoms with E-state index in [0.717, 1.165) is 12.8 Å². The minimum absolute atomic E-state index is 0.257. The van der Waals surface area contributed by atoms with E-state index in [4.69, 9.17) is 0 Å². The Labute approximate surface area is 79.5 Å². The summed E-state index contributed by atoms with van der Waals surface area (Å²) in [5.74, 6) is 0.257. The van der Waals surface area contributed by atoms with Gasteiger partial charge in [0.25, 0.3) is 0 Å². The lowest BCUT2D eigenvalue weighted by Gasteiger charge is -2.01. The van der Waals surface area contributed by atoms with Crippen molar-refractivity contribution in [2.24, 2.45) is 0 Å². The molecule has 0 unspecified atom stereocenters. The quantitative estimate of drug-likeness (QED) is 0.743. The molecule has 0 aliphatic heterocycles. The molecule has 13 heavy (non-hydrogen) atoms. The second kappa shape index (κ2) is 4.42. The predicted molar refractivity (Wildman–Crippen MR) is 53.4 cm³/mol. The Balaban J connectivity index is 2.83. The van der Waals surface area contributed by atoms with Crippen molar-refractivity contribution in [1.82, 2.24) is 0 Å². The summed E-state index contributed by atoms with van der Waals surface area (Å²) in [6, 6.07) is 8.60. The van der Waals surface area contributed by atoms with Gasteiger partial charge in [0.1, 0.15) is 0 Å². The molecule has 2 nitrogen and oxygen atoms in total. The van der Waals surface area contributed by atoms with Crippen molar-refractivity contribution in [2.45, 2.75) is 24.7 Å². The molecule has 0 bridgehead atoms. The molecule has 3 heteroatoms. The van der Waals surface area contributed by atoms with Crippen LogP contribution in [0.4, 0.5) is 0 Å². The number of rotatable bonds is 4. The fourth-order valence-electron chi connectivity index (χ4n) is 1.08. The van der Waals surface area contributed by atoms with Gasteiger partial charge in [0.2, 0.25) is 0 Å². The van der Waals surface area contributed by atoms with Gasteiger partial charge in [0.05, 0.1) is 10.6 Å². The van der Waals surface area contributed by atoms with Crippen molar-refractivity contribution in [3.8, 4) is 0 Å². The van der Waals surface area contributed by atoms with Crippen molar-refractivity contribution < 1.29 is 8.42 Å². The molecule has 0 spiro atoms. The minimum atomic E-state index is -3.02. The van der Waals surface area contributed by atoms with Crippen LogP contribution in [0.15, 0.2) is 35.2 Å². The molecule has 0 atom stereocenters. The van der Waals surface area contributed by atoms with Crippen LogP contribution < -0.4 is 0 Å². The second-order valence-corrected chi connectivity index (χ2v) is 5.09. The average Bonchev–Trinajstić information content (AvgIpc) is 2.16. The van der Waals surface area contributed by atoms with Crippen LogP contribution in [0, 0.1) is 0 Å². The van der Waals surface area contributed by atoms with Crippen LogP contribution in [0.2, 0.25) is 0 Å². The summed E-state index contributed by atoms with van der Waals surface area (Å²) in [6.07, 6.45) is 1.64. The van der Waals surface area contributed by atoms with E-state index in [0.29, 0.717) is 4.90 Å². The van der Waals surface area contributed by atoms with Crippen LogP contribution in [0.5, 0.6) is 0 Å². The van der Waals surface area contributed by atoms with E-state index in [1.54, 1.807) is 24.3 Å². The summed E-state index contributed by atoms with van der Waals surface area (Å²) < 4.78 is 23.2. The van der Waals surface area contributed by atoms with Gasteiger partial charge in [-0.1, -0.05) is 31.5 Å². The molecule has 0 heterocycles. The molecule has 1 aromatic rings. The lowest BCUT2D eigenvalue weighted by Crippen LogP contribution is -2.05. The maximum absolute atomic E-state index is 11.6. The van der Waals surface area contributed by atoms with Gasteiger partial charge in [-0.2, -0.15) is 0 Å². The third-order valence-electron chi connectivity index (χ3n) is 1.87. The van der Waals surface area contributed by atoms with E-state index in [2.05, 4.69) is 0 Å². The van der Waals surface area contributed by atoms with Gasteiger partial charge < -0.3 is 0 Å². The first-order valence-corrected chi connectivity index (χ1v) is 6.10. The Morgan fingerprint density at radius 2 is 1.77 bits per heavy atom. The highest BCUT2D eigenvalue weighted by Gasteiger charge is 2.11. The second-order valence-electron chi connectivity index (χ2n) is 2.99. The summed E-state index contributed by atoms with van der Waals surface area (Å²) in [7, 11) is -3.02. The number of benzene rings is 1. The monoisotopic (exact) mass is 198 g/mol. The molecule has 0 N–H and O–H groups in total. The highest BCUT2D eigenvalue weighted by Crippen LogP contribution is 2.11. The Kier molecular flexibility index (Phi) is 3.48. The fourth-order valence-corrected chi connectivity index (χ4v) is 2.56. The molecule has 1 rings (SSSR count). The minimum Gasteiger partial charge on any atom is -0.224 e. The van der Waals surface area contributed by atoms with Crippen molar-refractivity contribution in [3.05, 3.63) is 30.3 Å². The summed E-state index contributed by atoms with van der Waals surface area (Å²) in [4.78, 5) is 0.434. The van der Waals surface area contributed by atoms with Crippen LogP contribution in [-0.2, 0) is 9.84 Å². The van der Waals surface area contributed by atoms with Crippen LogP contribution in [0.1, 0.15) is 19.8 Å². The predicted octanol–water partition coefficient (Wildman–Crippen LogP) is 2.26. The van der Waals surface area contributed by atoms with Gasteiger partial charge in [-0.3, -0.25) is 0 Å². The Hall–Kier alpha value is -0.830. The average molecular weight is 198 g/mol. The number of hydrogen-bond donors (Lipinski definition) is 0. The van der Waals surface area contributed by atoms with E-state index in [-0.39, 0.29) is 5.75 Å². The molecule has 0 radical (unpaired) electrons. The molecule has 1 aromatic carbocycles. The topological polar surface area (TPSA) is 34.1 Å². The number of hydrogen-bond acceptors (Lipinski definition) is 2. The van der Waals surface area contributed by atoms with Crippen molar-refractivity contribution in [2.75, 3.05) is 5.75 Å². The number of sulfone groups is 1. The highest BCUT2D eigenvalue weighted by molar-refractivity contribution is 7.91. The van der Waals surface area contributed by atoms with Gasteiger partial charge in [0.15, 0.2) is 9.84 Å². The van der Waals surface area contributed by atoms with Gasteiger partial charge in [-0.25, -0.2) is 8.42 Å². The zero-order chi connectivity index (χ0) is 9.73. The Morgan fingerprint density at radius 1 is 1.15 bits per heavy atom. The zero-order valence-corrected chi connectivity index (χ0v) is 8.55. The normalized spacial score (nSPS) is 11.5. The molecular weight excluding hydrogens is 184 g/mol. The van der Waals surface area contributed by atoms with Crippen LogP contribution >= 0.6 is 0 Å². The van der Waals surface area contributed by atoms with Gasteiger partial charge in [0, 0.05) is 0 Å². The summed E-state index contributed by atoms with van der Waals surface area (Å²) in [5, 5.41) is 0. The third kappa shape index (κ3) is 2.84. The van der Waals surface area contributed by atoms with E-state index >= 15 is 0 Å². The molecule has 72 valence electrons. The van der Waals surface area contributed by atoms with Crippen LogP contribution in [0.3, 0.4) is 0 Å². The molecule has 0 aliphatic rings. The summed E-state index contributed by atoms with van der Waals surface area (Å²) >= 11 is 0.